The maximum absolute atomic E-state index is 12.6. The number of ketones is 1. The van der Waals surface area contributed by atoms with Crippen molar-refractivity contribution in [2.75, 3.05) is 5.32 Å². The second-order valence-corrected chi connectivity index (χ2v) is 6.12. The number of amides is 1. The summed E-state index contributed by atoms with van der Waals surface area (Å²) in [5.41, 5.74) is 1.89. The third-order valence-corrected chi connectivity index (χ3v) is 4.43. The van der Waals surface area contributed by atoms with Gasteiger partial charge in [-0.3, -0.25) is 14.4 Å². The third-order valence-electron chi connectivity index (χ3n) is 4.02. The van der Waals surface area contributed by atoms with Crippen molar-refractivity contribution in [3.63, 3.8) is 0 Å². The normalized spacial score (nSPS) is 10.7. The fraction of sp³-hybridized carbons (Fsp3) is 0.105. The zero-order valence-corrected chi connectivity index (χ0v) is 14.4. The van der Waals surface area contributed by atoms with Crippen LogP contribution in [0.25, 0.3) is 10.9 Å². The molecule has 25 heavy (non-hydrogen) atoms. The Labute approximate surface area is 148 Å². The summed E-state index contributed by atoms with van der Waals surface area (Å²) >= 11 is 6.06. The minimum absolute atomic E-state index is 0.0116. The van der Waals surface area contributed by atoms with Gasteiger partial charge >= 0.3 is 0 Å². The van der Waals surface area contributed by atoms with E-state index in [1.807, 2.05) is 0 Å². The summed E-state index contributed by atoms with van der Waals surface area (Å²) in [5, 5.41) is 3.59. The van der Waals surface area contributed by atoms with Crippen molar-refractivity contribution in [1.82, 2.24) is 4.98 Å². The zero-order valence-electron chi connectivity index (χ0n) is 13.6. The lowest BCUT2D eigenvalue weighted by molar-refractivity contribution is 0.101. The Hall–Kier alpha value is -2.92. The first-order valence-corrected chi connectivity index (χ1v) is 7.99. The topological polar surface area (TPSA) is 79.0 Å². The number of fused-ring (bicyclic) bond motifs is 1. The lowest BCUT2D eigenvalue weighted by Crippen LogP contribution is -2.22. The average Bonchev–Trinajstić information content (AvgIpc) is 2.58. The molecule has 126 valence electrons. The molecule has 1 aromatic heterocycles. The number of hydrogen-bond donors (Lipinski definition) is 2. The second kappa shape index (κ2) is 6.53. The van der Waals surface area contributed by atoms with Crippen molar-refractivity contribution in [2.45, 2.75) is 13.8 Å². The molecule has 2 N–H and O–H groups in total. The molecule has 0 bridgehead atoms. The predicted octanol–water partition coefficient (Wildman–Crippen LogP) is 3.94. The molecule has 0 saturated carbocycles. The van der Waals surface area contributed by atoms with Crippen LogP contribution in [0.4, 0.5) is 5.69 Å². The van der Waals surface area contributed by atoms with Gasteiger partial charge in [-0.25, -0.2) is 0 Å². The Morgan fingerprint density at radius 3 is 2.64 bits per heavy atom. The van der Waals surface area contributed by atoms with E-state index in [0.29, 0.717) is 27.2 Å². The molecule has 0 unspecified atom stereocenters. The summed E-state index contributed by atoms with van der Waals surface area (Å²) < 4.78 is 0. The molecular formula is C19H15ClN2O3. The van der Waals surface area contributed by atoms with E-state index in [9.17, 15) is 14.4 Å². The second-order valence-electron chi connectivity index (χ2n) is 5.72. The van der Waals surface area contributed by atoms with E-state index in [4.69, 9.17) is 11.6 Å². The van der Waals surface area contributed by atoms with Gasteiger partial charge in [0.2, 0.25) is 5.43 Å². The molecular weight excluding hydrogens is 340 g/mol. The number of nitrogens with one attached hydrogen (secondary N) is 2. The van der Waals surface area contributed by atoms with Crippen LogP contribution >= 0.6 is 11.6 Å². The largest absolute Gasteiger partial charge is 0.360 e. The van der Waals surface area contributed by atoms with Gasteiger partial charge in [0.05, 0.1) is 5.52 Å². The molecule has 0 aliphatic carbocycles. The monoisotopic (exact) mass is 354 g/mol. The van der Waals surface area contributed by atoms with E-state index < -0.39 is 5.91 Å². The molecule has 0 fully saturated rings. The van der Waals surface area contributed by atoms with Crippen LogP contribution in [-0.2, 0) is 0 Å². The number of carbonyl (C=O) groups is 2. The molecule has 0 spiro atoms. The molecule has 0 saturated heterocycles. The summed E-state index contributed by atoms with van der Waals surface area (Å²) in [5.74, 6) is -0.650. The number of aromatic amines is 1. The number of pyridine rings is 1. The number of benzene rings is 2. The Kier molecular flexibility index (Phi) is 4.42. The van der Waals surface area contributed by atoms with Crippen LogP contribution in [0.3, 0.4) is 0 Å². The van der Waals surface area contributed by atoms with Crippen molar-refractivity contribution < 1.29 is 9.59 Å². The number of aromatic nitrogens is 1. The van der Waals surface area contributed by atoms with Gasteiger partial charge in [-0.2, -0.15) is 0 Å². The van der Waals surface area contributed by atoms with Gasteiger partial charge in [0.25, 0.3) is 5.91 Å². The van der Waals surface area contributed by atoms with Crippen LogP contribution in [0.15, 0.2) is 47.4 Å². The summed E-state index contributed by atoms with van der Waals surface area (Å²) in [6, 6.07) is 9.78. The summed E-state index contributed by atoms with van der Waals surface area (Å²) in [6.07, 6.45) is 1.37. The lowest BCUT2D eigenvalue weighted by Gasteiger charge is -2.08. The molecule has 3 rings (SSSR count). The highest BCUT2D eigenvalue weighted by atomic mass is 35.5. The van der Waals surface area contributed by atoms with Crippen LogP contribution in [0, 0.1) is 6.92 Å². The predicted molar refractivity (Wildman–Crippen MR) is 98.7 cm³/mol. The number of Topliss-reactive ketones (excluding diaryl/α,β-unsaturated/α-hetero) is 1. The number of aryl methyl sites for hydroxylation is 1. The van der Waals surface area contributed by atoms with E-state index in [0.717, 1.165) is 5.56 Å². The van der Waals surface area contributed by atoms with Gasteiger partial charge in [0.1, 0.15) is 5.56 Å². The molecule has 0 atom stereocenters. The van der Waals surface area contributed by atoms with Gasteiger partial charge in [-0.15, -0.1) is 0 Å². The van der Waals surface area contributed by atoms with Gasteiger partial charge < -0.3 is 10.3 Å². The van der Waals surface area contributed by atoms with Crippen molar-refractivity contribution >= 4 is 39.9 Å². The fourth-order valence-corrected chi connectivity index (χ4v) is 2.76. The van der Waals surface area contributed by atoms with E-state index in [1.54, 1.807) is 43.3 Å². The van der Waals surface area contributed by atoms with E-state index in [-0.39, 0.29) is 16.8 Å². The number of halogens is 1. The first kappa shape index (κ1) is 16.9. The summed E-state index contributed by atoms with van der Waals surface area (Å²) in [4.78, 5) is 39.5. The Morgan fingerprint density at radius 1 is 1.16 bits per heavy atom. The van der Waals surface area contributed by atoms with E-state index in [2.05, 4.69) is 10.3 Å². The van der Waals surface area contributed by atoms with E-state index in [1.165, 1.54) is 13.1 Å². The molecule has 6 heteroatoms. The number of rotatable bonds is 3. The lowest BCUT2D eigenvalue weighted by atomic mass is 10.1. The van der Waals surface area contributed by atoms with Gasteiger partial charge in [0, 0.05) is 27.9 Å². The third kappa shape index (κ3) is 3.19. The standard InChI is InChI=1S/C19H15ClN2O3/c1-10-16(20)7-6-14-17(10)21-9-15(18(14)24)19(25)22-13-5-3-4-12(8-13)11(2)23/h3-9H,1-2H3,(H,21,24)(H,22,25). The van der Waals surface area contributed by atoms with E-state index >= 15 is 0 Å². The van der Waals surface area contributed by atoms with Crippen LogP contribution in [0.2, 0.25) is 5.02 Å². The van der Waals surface area contributed by atoms with Crippen molar-refractivity contribution in [2.24, 2.45) is 0 Å². The maximum atomic E-state index is 12.6. The van der Waals surface area contributed by atoms with Crippen molar-refractivity contribution in [3.8, 4) is 0 Å². The highest BCUT2D eigenvalue weighted by Gasteiger charge is 2.15. The van der Waals surface area contributed by atoms with Gasteiger partial charge in [-0.1, -0.05) is 23.7 Å². The fourth-order valence-electron chi connectivity index (χ4n) is 2.60. The SMILES string of the molecule is CC(=O)c1cccc(NC(=O)c2c[nH]c3c(C)c(Cl)ccc3c2=O)c1. The Bertz CT molecular complexity index is 1070. The Balaban J connectivity index is 1.99. The van der Waals surface area contributed by atoms with Crippen LogP contribution in [-0.4, -0.2) is 16.7 Å². The highest BCUT2D eigenvalue weighted by Crippen LogP contribution is 2.22. The summed E-state index contributed by atoms with van der Waals surface area (Å²) in [6.45, 7) is 3.25. The summed E-state index contributed by atoms with van der Waals surface area (Å²) in [7, 11) is 0. The average molecular weight is 355 g/mol. The van der Waals surface area contributed by atoms with Gasteiger partial charge in [-0.05, 0) is 43.7 Å². The van der Waals surface area contributed by atoms with Crippen LogP contribution < -0.4 is 10.7 Å². The molecule has 0 aliphatic heterocycles. The highest BCUT2D eigenvalue weighted by molar-refractivity contribution is 6.32. The zero-order chi connectivity index (χ0) is 18.1. The van der Waals surface area contributed by atoms with Crippen molar-refractivity contribution in [3.05, 3.63) is 74.5 Å². The quantitative estimate of drug-likeness (QED) is 0.699. The molecule has 0 aliphatic rings. The Morgan fingerprint density at radius 2 is 1.92 bits per heavy atom. The molecule has 1 heterocycles. The molecule has 5 nitrogen and oxygen atoms in total. The first-order valence-electron chi connectivity index (χ1n) is 7.61. The molecule has 3 aromatic rings. The van der Waals surface area contributed by atoms with Crippen LogP contribution in [0.1, 0.15) is 33.2 Å². The first-order chi connectivity index (χ1) is 11.9. The van der Waals surface area contributed by atoms with Crippen LogP contribution in [0.5, 0.6) is 0 Å². The number of carbonyl (C=O) groups excluding carboxylic acids is 2. The smallest absolute Gasteiger partial charge is 0.261 e. The molecule has 1 amide bonds. The number of hydrogen-bond acceptors (Lipinski definition) is 3. The number of anilines is 1. The molecule has 2 aromatic carbocycles. The minimum atomic E-state index is -0.545. The maximum Gasteiger partial charge on any atom is 0.261 e. The molecule has 0 radical (unpaired) electrons. The van der Waals surface area contributed by atoms with Gasteiger partial charge in [0.15, 0.2) is 5.78 Å². The number of H-pyrrole nitrogens is 1. The minimum Gasteiger partial charge on any atom is -0.360 e. The van der Waals surface area contributed by atoms with Crippen molar-refractivity contribution in [1.29, 1.82) is 0 Å².